The molecule has 130 valence electrons. The zero-order chi connectivity index (χ0) is 18.6. The Morgan fingerprint density at radius 1 is 1.26 bits per heavy atom. The number of carbonyl (C=O) groups excluding carboxylic acids is 1. The number of thiazole rings is 1. The first-order valence-electron chi connectivity index (χ1n) is 7.55. The van der Waals surface area contributed by atoms with Crippen LogP contribution >= 0.6 is 11.3 Å². The molecule has 4 aromatic rings. The van der Waals surface area contributed by atoms with Crippen LogP contribution < -0.4 is 5.32 Å². The van der Waals surface area contributed by atoms with Crippen molar-refractivity contribution in [1.29, 1.82) is 5.26 Å². The number of hydrogen-bond donors (Lipinski definition) is 1. The van der Waals surface area contributed by atoms with Gasteiger partial charge < -0.3 is 0 Å². The SMILES string of the molecule is N#Cc1cccnc1-c1csc(NC(=O)c2cnnn2-c2ccncn2)n1. The standard InChI is InChI=1S/C16H9N9OS/c17-6-10-2-1-4-19-14(10)11-8-27-16(22-11)23-15(26)12-7-21-24-25(12)13-3-5-18-9-20-13/h1-5,7-9H,(H,22,23,26). The molecule has 0 aliphatic heterocycles. The molecule has 0 bridgehead atoms. The third-order valence-corrected chi connectivity index (χ3v) is 4.22. The van der Waals surface area contributed by atoms with Crippen molar-refractivity contribution < 1.29 is 4.79 Å². The fraction of sp³-hybridized carbons (Fsp3) is 0. The molecule has 4 rings (SSSR count). The van der Waals surface area contributed by atoms with Crippen LogP contribution in [0.2, 0.25) is 0 Å². The molecule has 0 fully saturated rings. The maximum Gasteiger partial charge on any atom is 0.277 e. The summed E-state index contributed by atoms with van der Waals surface area (Å²) >= 11 is 1.22. The van der Waals surface area contributed by atoms with Crippen LogP contribution in [0, 0.1) is 11.3 Å². The predicted octanol–water partition coefficient (Wildman–Crippen LogP) is 1.70. The van der Waals surface area contributed by atoms with Crippen molar-refractivity contribution in [1.82, 2.24) is 34.9 Å². The molecule has 0 atom stereocenters. The van der Waals surface area contributed by atoms with Gasteiger partial charge >= 0.3 is 0 Å². The molecule has 0 radical (unpaired) electrons. The van der Waals surface area contributed by atoms with Gasteiger partial charge in [-0.05, 0) is 12.1 Å². The van der Waals surface area contributed by atoms with Gasteiger partial charge in [-0.2, -0.15) is 9.94 Å². The molecular formula is C16H9N9OS. The minimum atomic E-state index is -0.443. The van der Waals surface area contributed by atoms with Crippen molar-refractivity contribution in [3.63, 3.8) is 0 Å². The zero-order valence-electron chi connectivity index (χ0n) is 13.5. The van der Waals surface area contributed by atoms with E-state index < -0.39 is 5.91 Å². The van der Waals surface area contributed by atoms with Crippen molar-refractivity contribution in [3.05, 3.63) is 59.8 Å². The lowest BCUT2D eigenvalue weighted by Crippen LogP contribution is -2.17. The van der Waals surface area contributed by atoms with Crippen LogP contribution in [0.3, 0.4) is 0 Å². The zero-order valence-corrected chi connectivity index (χ0v) is 14.3. The molecule has 0 aliphatic rings. The van der Waals surface area contributed by atoms with Gasteiger partial charge in [0.2, 0.25) is 0 Å². The maximum absolute atomic E-state index is 12.6. The van der Waals surface area contributed by atoms with Crippen molar-refractivity contribution in [3.8, 4) is 23.3 Å². The van der Waals surface area contributed by atoms with Gasteiger partial charge in [0.15, 0.2) is 16.6 Å². The molecule has 0 unspecified atom stereocenters. The van der Waals surface area contributed by atoms with Gasteiger partial charge in [0.1, 0.15) is 23.8 Å². The number of carbonyl (C=O) groups is 1. The summed E-state index contributed by atoms with van der Waals surface area (Å²) in [6.45, 7) is 0. The van der Waals surface area contributed by atoms with E-state index in [-0.39, 0.29) is 5.69 Å². The third kappa shape index (κ3) is 3.24. The van der Waals surface area contributed by atoms with E-state index in [0.29, 0.717) is 27.9 Å². The van der Waals surface area contributed by atoms with E-state index in [1.54, 1.807) is 36.0 Å². The lowest BCUT2D eigenvalue weighted by Gasteiger charge is -2.04. The molecule has 1 N–H and O–H groups in total. The quantitative estimate of drug-likeness (QED) is 0.569. The Balaban J connectivity index is 1.58. The Labute approximate surface area is 156 Å². The van der Waals surface area contributed by atoms with Crippen LogP contribution in [-0.2, 0) is 0 Å². The van der Waals surface area contributed by atoms with Gasteiger partial charge in [-0.3, -0.25) is 15.1 Å². The molecule has 27 heavy (non-hydrogen) atoms. The summed E-state index contributed by atoms with van der Waals surface area (Å²) in [5, 5.41) is 21.6. The molecule has 4 aromatic heterocycles. The molecule has 11 heteroatoms. The van der Waals surface area contributed by atoms with E-state index in [2.05, 4.69) is 41.6 Å². The lowest BCUT2D eigenvalue weighted by atomic mass is 10.2. The first-order valence-corrected chi connectivity index (χ1v) is 8.43. The number of nitriles is 1. The number of anilines is 1. The highest BCUT2D eigenvalue weighted by atomic mass is 32.1. The first-order chi connectivity index (χ1) is 13.3. The van der Waals surface area contributed by atoms with Crippen LogP contribution in [0.5, 0.6) is 0 Å². The molecule has 0 saturated heterocycles. The van der Waals surface area contributed by atoms with E-state index in [1.807, 2.05) is 0 Å². The summed E-state index contributed by atoms with van der Waals surface area (Å²) in [5.74, 6) is -0.0272. The molecule has 1 amide bonds. The largest absolute Gasteiger partial charge is 0.296 e. The van der Waals surface area contributed by atoms with Crippen molar-refractivity contribution >= 4 is 22.4 Å². The topological polar surface area (TPSA) is 135 Å². The summed E-state index contributed by atoms with van der Waals surface area (Å²) in [6.07, 6.45) is 5.81. The van der Waals surface area contributed by atoms with Crippen LogP contribution in [0.15, 0.2) is 48.5 Å². The number of rotatable bonds is 4. The summed E-state index contributed by atoms with van der Waals surface area (Å²) in [7, 11) is 0. The molecule has 0 spiro atoms. The lowest BCUT2D eigenvalue weighted by molar-refractivity contribution is 0.101. The number of aromatic nitrogens is 7. The van der Waals surface area contributed by atoms with E-state index >= 15 is 0 Å². The molecule has 4 heterocycles. The highest BCUT2D eigenvalue weighted by Crippen LogP contribution is 2.26. The predicted molar refractivity (Wildman–Crippen MR) is 95.0 cm³/mol. The van der Waals surface area contributed by atoms with E-state index in [1.165, 1.54) is 28.5 Å². The van der Waals surface area contributed by atoms with Gasteiger partial charge in [-0.15, -0.1) is 16.4 Å². The van der Waals surface area contributed by atoms with Crippen molar-refractivity contribution in [2.75, 3.05) is 5.32 Å². The smallest absolute Gasteiger partial charge is 0.277 e. The monoisotopic (exact) mass is 375 g/mol. The summed E-state index contributed by atoms with van der Waals surface area (Å²) in [6, 6.07) is 7.02. The van der Waals surface area contributed by atoms with Crippen molar-refractivity contribution in [2.45, 2.75) is 0 Å². The Morgan fingerprint density at radius 2 is 2.19 bits per heavy atom. The Hall–Kier alpha value is -4.04. The number of nitrogens with one attached hydrogen (secondary N) is 1. The second-order valence-corrected chi connectivity index (χ2v) is 5.96. The van der Waals surface area contributed by atoms with Crippen LogP contribution in [-0.4, -0.2) is 40.8 Å². The number of hydrogen-bond acceptors (Lipinski definition) is 9. The van der Waals surface area contributed by atoms with Crippen LogP contribution in [0.1, 0.15) is 16.1 Å². The fourth-order valence-corrected chi connectivity index (χ4v) is 2.96. The maximum atomic E-state index is 12.6. The Kier molecular flexibility index (Phi) is 4.30. The molecule has 10 nitrogen and oxygen atoms in total. The Bertz CT molecular complexity index is 1150. The Morgan fingerprint density at radius 3 is 3.00 bits per heavy atom. The average molecular weight is 375 g/mol. The highest BCUT2D eigenvalue weighted by molar-refractivity contribution is 7.14. The van der Waals surface area contributed by atoms with Gasteiger partial charge in [0.25, 0.3) is 5.91 Å². The van der Waals surface area contributed by atoms with Crippen LogP contribution in [0.25, 0.3) is 17.2 Å². The minimum absolute atomic E-state index is 0.195. The summed E-state index contributed by atoms with van der Waals surface area (Å²) in [5.41, 5.74) is 1.58. The molecule has 0 aliphatic carbocycles. The van der Waals surface area contributed by atoms with Gasteiger partial charge in [0, 0.05) is 23.8 Å². The molecular weight excluding hydrogens is 366 g/mol. The van der Waals surface area contributed by atoms with E-state index in [9.17, 15) is 10.1 Å². The second kappa shape index (κ2) is 7.06. The number of amides is 1. The van der Waals surface area contributed by atoms with E-state index in [4.69, 9.17) is 0 Å². The molecule has 0 saturated carbocycles. The third-order valence-electron chi connectivity index (χ3n) is 3.46. The van der Waals surface area contributed by atoms with Gasteiger partial charge in [-0.1, -0.05) is 5.21 Å². The van der Waals surface area contributed by atoms with Gasteiger partial charge in [-0.25, -0.2) is 15.0 Å². The first kappa shape index (κ1) is 16.4. The van der Waals surface area contributed by atoms with E-state index in [0.717, 1.165) is 0 Å². The second-order valence-electron chi connectivity index (χ2n) is 5.10. The highest BCUT2D eigenvalue weighted by Gasteiger charge is 2.18. The summed E-state index contributed by atoms with van der Waals surface area (Å²) in [4.78, 5) is 29.0. The average Bonchev–Trinajstić information content (AvgIpc) is 3.38. The van der Waals surface area contributed by atoms with Crippen molar-refractivity contribution in [2.24, 2.45) is 0 Å². The number of pyridine rings is 1. The summed E-state index contributed by atoms with van der Waals surface area (Å²) < 4.78 is 1.30. The molecule has 0 aromatic carbocycles. The normalized spacial score (nSPS) is 10.3. The van der Waals surface area contributed by atoms with Gasteiger partial charge in [0.05, 0.1) is 11.8 Å². The fourth-order valence-electron chi connectivity index (χ4n) is 2.27. The van der Waals surface area contributed by atoms with Crippen LogP contribution in [0.4, 0.5) is 5.13 Å². The number of nitrogens with zero attached hydrogens (tertiary/aromatic N) is 8. The minimum Gasteiger partial charge on any atom is -0.296 e.